The van der Waals surface area contributed by atoms with Crippen LogP contribution in [0.4, 0.5) is 0 Å². The standard InChI is InChI=1S/C16H22N2O2S/c1-4-18(5-2)16(21)17-15(19)12-9-13-7-10-14(11-8-13)20-6-3/h7-12H,4-6H2,1-3H3,(H,17,19,21)/b12-9+. The van der Waals surface area contributed by atoms with Crippen molar-refractivity contribution in [2.75, 3.05) is 19.7 Å². The molecule has 0 saturated heterocycles. The second-order valence-corrected chi connectivity index (χ2v) is 4.69. The number of amides is 1. The van der Waals surface area contributed by atoms with Crippen molar-refractivity contribution in [2.24, 2.45) is 0 Å². The van der Waals surface area contributed by atoms with Crippen LogP contribution < -0.4 is 10.1 Å². The first kappa shape index (κ1) is 17.2. The molecule has 5 heteroatoms. The number of benzene rings is 1. The van der Waals surface area contributed by atoms with Gasteiger partial charge in [0.1, 0.15) is 5.75 Å². The minimum atomic E-state index is -0.221. The van der Waals surface area contributed by atoms with Crippen LogP contribution in [0.3, 0.4) is 0 Å². The Morgan fingerprint density at radius 1 is 1.24 bits per heavy atom. The number of thiocarbonyl (C=S) groups is 1. The van der Waals surface area contributed by atoms with Crippen molar-refractivity contribution in [2.45, 2.75) is 20.8 Å². The first-order valence-electron chi connectivity index (χ1n) is 7.11. The summed E-state index contributed by atoms with van der Waals surface area (Å²) in [5, 5.41) is 3.15. The maximum atomic E-state index is 11.8. The Hall–Kier alpha value is -1.88. The van der Waals surface area contributed by atoms with Crippen LogP contribution in [0.25, 0.3) is 6.08 Å². The van der Waals surface area contributed by atoms with Crippen molar-refractivity contribution in [3.8, 4) is 5.75 Å². The zero-order valence-corrected chi connectivity index (χ0v) is 13.6. The smallest absolute Gasteiger partial charge is 0.250 e. The van der Waals surface area contributed by atoms with Crippen molar-refractivity contribution in [3.63, 3.8) is 0 Å². The van der Waals surface area contributed by atoms with E-state index in [2.05, 4.69) is 5.32 Å². The second kappa shape index (κ2) is 9.13. The van der Waals surface area contributed by atoms with Crippen molar-refractivity contribution in [1.82, 2.24) is 10.2 Å². The van der Waals surface area contributed by atoms with Crippen molar-refractivity contribution in [3.05, 3.63) is 35.9 Å². The molecule has 1 rings (SSSR count). The van der Waals surface area contributed by atoms with Gasteiger partial charge < -0.3 is 9.64 Å². The summed E-state index contributed by atoms with van der Waals surface area (Å²) >= 11 is 5.17. The molecule has 1 aromatic rings. The molecule has 0 atom stereocenters. The van der Waals surface area contributed by atoms with E-state index in [-0.39, 0.29) is 5.91 Å². The molecule has 0 bridgehead atoms. The molecular weight excluding hydrogens is 284 g/mol. The quantitative estimate of drug-likeness (QED) is 0.648. The SMILES string of the molecule is CCOc1ccc(/C=C/C(=O)NC(=S)N(CC)CC)cc1. The zero-order valence-electron chi connectivity index (χ0n) is 12.8. The number of hydrogen-bond acceptors (Lipinski definition) is 3. The first-order chi connectivity index (χ1) is 10.1. The third kappa shape index (κ3) is 5.95. The fraction of sp³-hybridized carbons (Fsp3) is 0.375. The first-order valence-corrected chi connectivity index (χ1v) is 7.52. The monoisotopic (exact) mass is 306 g/mol. The lowest BCUT2D eigenvalue weighted by Gasteiger charge is -2.21. The Kier molecular flexibility index (Phi) is 7.46. The Balaban J connectivity index is 2.55. The molecule has 0 aliphatic carbocycles. The summed E-state index contributed by atoms with van der Waals surface area (Å²) in [4.78, 5) is 13.7. The minimum absolute atomic E-state index is 0.221. The van der Waals surface area contributed by atoms with Crippen LogP contribution in [-0.2, 0) is 4.79 Å². The topological polar surface area (TPSA) is 41.6 Å². The third-order valence-electron chi connectivity index (χ3n) is 2.90. The van der Waals surface area contributed by atoms with Gasteiger partial charge in [-0.1, -0.05) is 12.1 Å². The fourth-order valence-electron chi connectivity index (χ4n) is 1.75. The van der Waals surface area contributed by atoms with Crippen LogP contribution in [0.5, 0.6) is 5.75 Å². The van der Waals surface area contributed by atoms with E-state index in [1.807, 2.05) is 49.9 Å². The summed E-state index contributed by atoms with van der Waals surface area (Å²) in [6.45, 7) is 8.13. The lowest BCUT2D eigenvalue weighted by molar-refractivity contribution is -0.115. The molecule has 0 aromatic heterocycles. The van der Waals surface area contributed by atoms with Gasteiger partial charge in [0.15, 0.2) is 5.11 Å². The van der Waals surface area contributed by atoms with Gasteiger partial charge in [-0.3, -0.25) is 10.1 Å². The molecule has 0 radical (unpaired) electrons. The van der Waals surface area contributed by atoms with Crippen LogP contribution in [0, 0.1) is 0 Å². The van der Waals surface area contributed by atoms with E-state index >= 15 is 0 Å². The number of hydrogen-bond donors (Lipinski definition) is 1. The molecule has 114 valence electrons. The van der Waals surface area contributed by atoms with E-state index in [0.717, 1.165) is 24.4 Å². The molecule has 1 N–H and O–H groups in total. The highest BCUT2D eigenvalue weighted by Crippen LogP contribution is 2.12. The lowest BCUT2D eigenvalue weighted by Crippen LogP contribution is -2.41. The van der Waals surface area contributed by atoms with Crippen molar-refractivity contribution >= 4 is 29.3 Å². The summed E-state index contributed by atoms with van der Waals surface area (Å²) in [5.41, 5.74) is 0.933. The van der Waals surface area contributed by atoms with Crippen molar-refractivity contribution in [1.29, 1.82) is 0 Å². The number of nitrogens with zero attached hydrogens (tertiary/aromatic N) is 1. The van der Waals surface area contributed by atoms with E-state index < -0.39 is 0 Å². The molecule has 0 fully saturated rings. The third-order valence-corrected chi connectivity index (χ3v) is 3.26. The summed E-state index contributed by atoms with van der Waals surface area (Å²) < 4.78 is 5.36. The predicted octanol–water partition coefficient (Wildman–Crippen LogP) is 2.84. The van der Waals surface area contributed by atoms with Crippen LogP contribution in [0.1, 0.15) is 26.3 Å². The highest BCUT2D eigenvalue weighted by atomic mass is 32.1. The number of carbonyl (C=O) groups is 1. The van der Waals surface area contributed by atoms with Crippen LogP contribution in [0.2, 0.25) is 0 Å². The Morgan fingerprint density at radius 2 is 1.86 bits per heavy atom. The molecule has 1 amide bonds. The summed E-state index contributed by atoms with van der Waals surface area (Å²) in [6.07, 6.45) is 3.22. The van der Waals surface area contributed by atoms with Gasteiger partial charge in [-0.25, -0.2) is 0 Å². The fourth-order valence-corrected chi connectivity index (χ4v) is 2.11. The zero-order chi connectivity index (χ0) is 15.7. The largest absolute Gasteiger partial charge is 0.494 e. The van der Waals surface area contributed by atoms with E-state index in [9.17, 15) is 4.79 Å². The summed E-state index contributed by atoms with van der Waals surface area (Å²) in [7, 11) is 0. The summed E-state index contributed by atoms with van der Waals surface area (Å²) in [5.74, 6) is 0.600. The molecule has 0 aliphatic rings. The lowest BCUT2D eigenvalue weighted by atomic mass is 10.2. The van der Waals surface area contributed by atoms with Gasteiger partial charge in [-0.05, 0) is 56.8 Å². The Morgan fingerprint density at radius 3 is 2.38 bits per heavy atom. The van der Waals surface area contributed by atoms with Gasteiger partial charge >= 0.3 is 0 Å². The van der Waals surface area contributed by atoms with Crippen LogP contribution in [0.15, 0.2) is 30.3 Å². The maximum Gasteiger partial charge on any atom is 0.250 e. The molecule has 0 unspecified atom stereocenters. The van der Waals surface area contributed by atoms with E-state index in [4.69, 9.17) is 17.0 Å². The molecule has 1 aromatic carbocycles. The molecule has 0 spiro atoms. The molecule has 0 aliphatic heterocycles. The van der Waals surface area contributed by atoms with Gasteiger partial charge in [0.25, 0.3) is 0 Å². The predicted molar refractivity (Wildman–Crippen MR) is 90.3 cm³/mol. The average Bonchev–Trinajstić information content (AvgIpc) is 2.48. The highest BCUT2D eigenvalue weighted by Gasteiger charge is 2.06. The minimum Gasteiger partial charge on any atom is -0.494 e. The Labute approximate surface area is 131 Å². The average molecular weight is 306 g/mol. The number of nitrogens with one attached hydrogen (secondary N) is 1. The highest BCUT2D eigenvalue weighted by molar-refractivity contribution is 7.80. The normalized spacial score (nSPS) is 10.4. The number of ether oxygens (including phenoxy) is 1. The van der Waals surface area contributed by atoms with Crippen LogP contribution >= 0.6 is 12.2 Å². The molecule has 4 nitrogen and oxygen atoms in total. The summed E-state index contributed by atoms with van der Waals surface area (Å²) in [6, 6.07) is 7.55. The van der Waals surface area contributed by atoms with Crippen molar-refractivity contribution < 1.29 is 9.53 Å². The van der Waals surface area contributed by atoms with Gasteiger partial charge in [0, 0.05) is 19.2 Å². The maximum absolute atomic E-state index is 11.8. The molecule has 0 saturated carbocycles. The molecule has 0 heterocycles. The van der Waals surface area contributed by atoms with Gasteiger partial charge in [-0.15, -0.1) is 0 Å². The molecule has 21 heavy (non-hydrogen) atoms. The van der Waals surface area contributed by atoms with Crippen LogP contribution in [-0.4, -0.2) is 35.6 Å². The van der Waals surface area contributed by atoms with Gasteiger partial charge in [0.2, 0.25) is 5.91 Å². The van der Waals surface area contributed by atoms with Gasteiger partial charge in [-0.2, -0.15) is 0 Å². The number of rotatable bonds is 6. The number of carbonyl (C=O) groups excluding carboxylic acids is 1. The van der Waals surface area contributed by atoms with Gasteiger partial charge in [0.05, 0.1) is 6.61 Å². The molecular formula is C16H22N2O2S. The Bertz CT molecular complexity index is 494. The van der Waals surface area contributed by atoms with E-state index in [0.29, 0.717) is 11.7 Å². The van der Waals surface area contributed by atoms with E-state index in [1.165, 1.54) is 6.08 Å². The second-order valence-electron chi connectivity index (χ2n) is 4.30. The van der Waals surface area contributed by atoms with E-state index in [1.54, 1.807) is 6.08 Å².